The zero-order chi connectivity index (χ0) is 13.8. The van der Waals surface area contributed by atoms with Crippen LogP contribution in [0.15, 0.2) is 18.2 Å². The normalized spacial score (nSPS) is 22.9. The molecule has 0 spiro atoms. The Hall–Kier alpha value is -1.35. The van der Waals surface area contributed by atoms with Crippen molar-refractivity contribution >= 4 is 5.91 Å². The Morgan fingerprint density at radius 2 is 1.79 bits per heavy atom. The van der Waals surface area contributed by atoms with Crippen LogP contribution < -0.4 is 10.6 Å². The zero-order valence-electron chi connectivity index (χ0n) is 12.1. The molecule has 0 saturated heterocycles. The predicted octanol–water partition coefficient (Wildman–Crippen LogP) is 2.45. The summed E-state index contributed by atoms with van der Waals surface area (Å²) in [6, 6.07) is 6.28. The van der Waals surface area contributed by atoms with Gasteiger partial charge in [-0.05, 0) is 34.1 Å². The quantitative estimate of drug-likeness (QED) is 0.855. The summed E-state index contributed by atoms with van der Waals surface area (Å²) in [6.07, 6.45) is 0. The summed E-state index contributed by atoms with van der Waals surface area (Å²) in [7, 11) is 0. The van der Waals surface area contributed by atoms with E-state index < -0.39 is 0 Å². The molecule has 1 aromatic carbocycles. The van der Waals surface area contributed by atoms with Gasteiger partial charge in [-0.15, -0.1) is 0 Å². The second-order valence-electron chi connectivity index (χ2n) is 6.94. The molecular formula is C16H22N2O. The van der Waals surface area contributed by atoms with Gasteiger partial charge in [0.1, 0.15) is 0 Å². The molecular weight excluding hydrogens is 236 g/mol. The lowest BCUT2D eigenvalue weighted by Crippen LogP contribution is -2.29. The van der Waals surface area contributed by atoms with E-state index in [1.165, 1.54) is 11.1 Å². The summed E-state index contributed by atoms with van der Waals surface area (Å²) in [5.74, 6) is 0.0540. The molecule has 1 aliphatic heterocycles. The van der Waals surface area contributed by atoms with Crippen LogP contribution in [0.3, 0.4) is 0 Å². The van der Waals surface area contributed by atoms with Gasteiger partial charge in [0.05, 0.1) is 0 Å². The fraction of sp³-hybridized carbons (Fsp3) is 0.562. The zero-order valence-corrected chi connectivity index (χ0v) is 12.1. The summed E-state index contributed by atoms with van der Waals surface area (Å²) >= 11 is 0. The van der Waals surface area contributed by atoms with E-state index >= 15 is 0 Å². The number of carbonyl (C=O) groups is 1. The van der Waals surface area contributed by atoms with Gasteiger partial charge in [-0.3, -0.25) is 4.79 Å². The fourth-order valence-electron chi connectivity index (χ4n) is 3.21. The first-order valence-corrected chi connectivity index (χ1v) is 6.97. The minimum absolute atomic E-state index is 0.0540. The van der Waals surface area contributed by atoms with E-state index in [9.17, 15) is 4.79 Å². The van der Waals surface area contributed by atoms with E-state index in [0.29, 0.717) is 0 Å². The number of hydrogen-bond acceptors (Lipinski definition) is 2. The molecule has 1 aliphatic carbocycles. The number of nitrogens with one attached hydrogen (secondary N) is 2. The molecule has 0 aromatic heterocycles. The van der Waals surface area contributed by atoms with Crippen molar-refractivity contribution in [3.63, 3.8) is 0 Å². The lowest BCUT2D eigenvalue weighted by atomic mass is 10.0. The molecule has 19 heavy (non-hydrogen) atoms. The number of benzene rings is 1. The number of amides is 1. The van der Waals surface area contributed by atoms with E-state index in [0.717, 1.165) is 18.7 Å². The van der Waals surface area contributed by atoms with E-state index in [1.807, 2.05) is 12.1 Å². The summed E-state index contributed by atoms with van der Waals surface area (Å²) in [5.41, 5.74) is 3.70. The van der Waals surface area contributed by atoms with Crippen LogP contribution in [0.1, 0.15) is 49.2 Å². The maximum atomic E-state index is 12.3. The van der Waals surface area contributed by atoms with Gasteiger partial charge in [0, 0.05) is 24.7 Å². The Labute approximate surface area is 114 Å². The Balaban J connectivity index is 1.76. The third-order valence-corrected chi connectivity index (χ3v) is 5.40. The fourth-order valence-corrected chi connectivity index (χ4v) is 3.21. The molecule has 2 N–H and O–H groups in total. The Morgan fingerprint density at radius 1 is 1.16 bits per heavy atom. The van der Waals surface area contributed by atoms with Crippen molar-refractivity contribution in [2.45, 2.75) is 46.8 Å². The van der Waals surface area contributed by atoms with Crippen molar-refractivity contribution in [1.29, 1.82) is 0 Å². The van der Waals surface area contributed by atoms with Crippen molar-refractivity contribution in [3.05, 3.63) is 34.9 Å². The molecule has 2 aliphatic rings. The molecule has 102 valence electrons. The molecule has 1 amide bonds. The molecule has 1 aromatic rings. The topological polar surface area (TPSA) is 41.1 Å². The van der Waals surface area contributed by atoms with E-state index in [1.54, 1.807) is 0 Å². The SMILES string of the molecule is CC1(C)C(NC(=O)c2ccc3c(c2)CNC3)C1(C)C. The Morgan fingerprint density at radius 3 is 2.42 bits per heavy atom. The van der Waals surface area contributed by atoms with Crippen LogP contribution >= 0.6 is 0 Å². The first kappa shape index (κ1) is 12.7. The molecule has 1 fully saturated rings. The van der Waals surface area contributed by atoms with Crippen LogP contribution in [-0.2, 0) is 13.1 Å². The number of hydrogen-bond donors (Lipinski definition) is 2. The van der Waals surface area contributed by atoms with Gasteiger partial charge < -0.3 is 10.6 Å². The van der Waals surface area contributed by atoms with Crippen LogP contribution in [0.25, 0.3) is 0 Å². The van der Waals surface area contributed by atoms with Gasteiger partial charge >= 0.3 is 0 Å². The van der Waals surface area contributed by atoms with Crippen LogP contribution in [-0.4, -0.2) is 11.9 Å². The van der Waals surface area contributed by atoms with Gasteiger partial charge in [-0.25, -0.2) is 0 Å². The van der Waals surface area contributed by atoms with Crippen molar-refractivity contribution in [1.82, 2.24) is 10.6 Å². The third kappa shape index (κ3) is 1.79. The molecule has 0 unspecified atom stereocenters. The number of rotatable bonds is 2. The lowest BCUT2D eigenvalue weighted by Gasteiger charge is -2.08. The standard InChI is InChI=1S/C16H22N2O/c1-15(2)14(16(15,3)4)18-13(19)10-5-6-11-8-17-9-12(11)7-10/h5-7,14,17H,8-9H2,1-4H3,(H,18,19). The smallest absolute Gasteiger partial charge is 0.251 e. The summed E-state index contributed by atoms with van der Waals surface area (Å²) in [6.45, 7) is 10.6. The van der Waals surface area contributed by atoms with Gasteiger partial charge in [0.15, 0.2) is 0 Å². The highest BCUT2D eigenvalue weighted by Crippen LogP contribution is 2.62. The molecule has 1 saturated carbocycles. The summed E-state index contributed by atoms with van der Waals surface area (Å²) < 4.78 is 0. The Kier molecular flexibility index (Phi) is 2.55. The molecule has 0 atom stereocenters. The average Bonchev–Trinajstić information content (AvgIpc) is 2.76. The lowest BCUT2D eigenvalue weighted by molar-refractivity contribution is 0.0943. The van der Waals surface area contributed by atoms with Crippen molar-refractivity contribution < 1.29 is 4.79 Å². The second-order valence-corrected chi connectivity index (χ2v) is 6.94. The monoisotopic (exact) mass is 258 g/mol. The van der Waals surface area contributed by atoms with Gasteiger partial charge in [0.2, 0.25) is 0 Å². The van der Waals surface area contributed by atoms with Crippen LogP contribution in [0.4, 0.5) is 0 Å². The molecule has 1 heterocycles. The molecule has 0 bridgehead atoms. The van der Waals surface area contributed by atoms with Crippen LogP contribution in [0.2, 0.25) is 0 Å². The summed E-state index contributed by atoms with van der Waals surface area (Å²) in [4.78, 5) is 12.3. The maximum Gasteiger partial charge on any atom is 0.251 e. The van der Waals surface area contributed by atoms with Gasteiger partial charge in [-0.2, -0.15) is 0 Å². The molecule has 0 radical (unpaired) electrons. The second kappa shape index (κ2) is 3.83. The molecule has 3 nitrogen and oxygen atoms in total. The Bertz CT molecular complexity index is 532. The van der Waals surface area contributed by atoms with Crippen LogP contribution in [0, 0.1) is 10.8 Å². The highest BCUT2D eigenvalue weighted by atomic mass is 16.1. The largest absolute Gasteiger partial charge is 0.348 e. The first-order chi connectivity index (χ1) is 8.84. The summed E-state index contributed by atoms with van der Waals surface area (Å²) in [5, 5.41) is 6.48. The maximum absolute atomic E-state index is 12.3. The minimum atomic E-state index is 0.0540. The predicted molar refractivity (Wildman–Crippen MR) is 75.8 cm³/mol. The van der Waals surface area contributed by atoms with Crippen molar-refractivity contribution in [2.75, 3.05) is 0 Å². The van der Waals surface area contributed by atoms with Crippen LogP contribution in [0.5, 0.6) is 0 Å². The molecule has 3 rings (SSSR count). The highest BCUT2D eigenvalue weighted by molar-refractivity contribution is 5.95. The van der Waals surface area contributed by atoms with Crippen molar-refractivity contribution in [2.24, 2.45) is 10.8 Å². The number of fused-ring (bicyclic) bond motifs is 1. The van der Waals surface area contributed by atoms with Gasteiger partial charge in [-0.1, -0.05) is 33.8 Å². The average molecular weight is 258 g/mol. The van der Waals surface area contributed by atoms with E-state index in [2.05, 4.69) is 44.4 Å². The molecule has 3 heteroatoms. The highest BCUT2D eigenvalue weighted by Gasteiger charge is 2.65. The van der Waals surface area contributed by atoms with Gasteiger partial charge in [0.25, 0.3) is 5.91 Å². The van der Waals surface area contributed by atoms with Crippen molar-refractivity contribution in [3.8, 4) is 0 Å². The number of carbonyl (C=O) groups excluding carboxylic acids is 1. The van der Waals surface area contributed by atoms with E-state index in [-0.39, 0.29) is 22.8 Å². The third-order valence-electron chi connectivity index (χ3n) is 5.40. The van der Waals surface area contributed by atoms with E-state index in [4.69, 9.17) is 0 Å². The minimum Gasteiger partial charge on any atom is -0.348 e. The first-order valence-electron chi connectivity index (χ1n) is 6.97.